The molecule has 0 saturated carbocycles. The number of amides is 1. The van der Waals surface area contributed by atoms with Gasteiger partial charge in [-0.3, -0.25) is 9.59 Å². The molecule has 0 aromatic rings. The van der Waals surface area contributed by atoms with Crippen LogP contribution in [0.25, 0.3) is 0 Å². The van der Waals surface area contributed by atoms with E-state index in [1.54, 1.807) is 6.08 Å². The summed E-state index contributed by atoms with van der Waals surface area (Å²) in [4.78, 5) is 24.5. The molecule has 0 bridgehead atoms. The Kier molecular flexibility index (Phi) is 64.5. The van der Waals surface area contributed by atoms with Crippen LogP contribution in [0.4, 0.5) is 0 Å². The van der Waals surface area contributed by atoms with E-state index in [9.17, 15) is 19.8 Å². The van der Waals surface area contributed by atoms with Gasteiger partial charge in [-0.15, -0.1) is 0 Å². The Balaban J connectivity index is 3.37. The maximum atomic E-state index is 12.5. The third-order valence-corrected chi connectivity index (χ3v) is 15.8. The molecule has 77 heavy (non-hydrogen) atoms. The Labute approximate surface area is 480 Å². The summed E-state index contributed by atoms with van der Waals surface area (Å²) in [6, 6.07) is -0.626. The van der Waals surface area contributed by atoms with Gasteiger partial charge in [-0.1, -0.05) is 313 Å². The monoisotopic (exact) mass is 1080 g/mol. The molecule has 0 aromatic carbocycles. The summed E-state index contributed by atoms with van der Waals surface area (Å²) < 4.78 is 5.50. The molecule has 0 aliphatic rings. The van der Waals surface area contributed by atoms with Crippen molar-refractivity contribution in [2.45, 2.75) is 379 Å². The van der Waals surface area contributed by atoms with Gasteiger partial charge in [0.1, 0.15) is 0 Å². The van der Waals surface area contributed by atoms with E-state index in [1.165, 1.54) is 289 Å². The molecule has 0 heterocycles. The molecular weight excluding hydrogens is 947 g/mol. The van der Waals surface area contributed by atoms with E-state index in [2.05, 4.69) is 55.6 Å². The molecule has 452 valence electrons. The first-order chi connectivity index (χ1) is 38.0. The van der Waals surface area contributed by atoms with E-state index in [1.807, 2.05) is 6.08 Å². The van der Waals surface area contributed by atoms with Crippen molar-refractivity contribution in [2.75, 3.05) is 13.2 Å². The molecule has 2 unspecified atom stereocenters. The van der Waals surface area contributed by atoms with Gasteiger partial charge < -0.3 is 20.3 Å². The van der Waals surface area contributed by atoms with Gasteiger partial charge in [-0.05, 0) is 89.9 Å². The van der Waals surface area contributed by atoms with Crippen LogP contribution in [-0.4, -0.2) is 47.4 Å². The number of esters is 1. The molecule has 6 nitrogen and oxygen atoms in total. The highest BCUT2D eigenvalue weighted by atomic mass is 16.5. The Morgan fingerprint density at radius 1 is 0.364 bits per heavy atom. The van der Waals surface area contributed by atoms with E-state index in [-0.39, 0.29) is 18.5 Å². The van der Waals surface area contributed by atoms with Crippen LogP contribution < -0.4 is 5.32 Å². The summed E-state index contributed by atoms with van der Waals surface area (Å²) in [7, 11) is 0. The molecule has 0 aliphatic heterocycles. The lowest BCUT2D eigenvalue weighted by Gasteiger charge is -2.20. The summed E-state index contributed by atoms with van der Waals surface area (Å²) in [5.74, 6) is -0.0569. The van der Waals surface area contributed by atoms with Crippen LogP contribution in [0.15, 0.2) is 48.6 Å². The number of hydrogen-bond acceptors (Lipinski definition) is 5. The number of carbonyl (C=O) groups is 2. The topological polar surface area (TPSA) is 95.9 Å². The summed E-state index contributed by atoms with van der Waals surface area (Å²) in [5, 5.41) is 23.1. The van der Waals surface area contributed by atoms with Gasteiger partial charge in [0.15, 0.2) is 0 Å². The highest BCUT2D eigenvalue weighted by Crippen LogP contribution is 2.18. The first-order valence-corrected chi connectivity index (χ1v) is 34.4. The minimum absolute atomic E-state index is 0.00898. The first-order valence-electron chi connectivity index (χ1n) is 34.4. The number of allylic oxidation sites excluding steroid dienone is 7. The number of aliphatic hydroxyl groups excluding tert-OH is 2. The maximum absolute atomic E-state index is 12.5. The minimum atomic E-state index is -0.843. The van der Waals surface area contributed by atoms with Gasteiger partial charge in [0.25, 0.3) is 0 Å². The Hall–Kier alpha value is -2.18. The van der Waals surface area contributed by atoms with Crippen molar-refractivity contribution in [2.24, 2.45) is 0 Å². The zero-order valence-corrected chi connectivity index (χ0v) is 51.7. The second-order valence-corrected chi connectivity index (χ2v) is 23.5. The molecule has 0 fully saturated rings. The lowest BCUT2D eigenvalue weighted by Crippen LogP contribution is -2.45. The number of unbranched alkanes of at least 4 members (excludes halogenated alkanes) is 47. The summed E-state index contributed by atoms with van der Waals surface area (Å²) in [5.41, 5.74) is 0. The highest BCUT2D eigenvalue weighted by Gasteiger charge is 2.18. The molecule has 0 rings (SSSR count). The number of carbonyl (C=O) groups excluding carboxylic acids is 2. The smallest absolute Gasteiger partial charge is 0.305 e. The van der Waals surface area contributed by atoms with Crippen LogP contribution in [0.2, 0.25) is 0 Å². The van der Waals surface area contributed by atoms with E-state index in [4.69, 9.17) is 4.74 Å². The van der Waals surface area contributed by atoms with Gasteiger partial charge in [0.2, 0.25) is 5.91 Å². The second kappa shape index (κ2) is 66.3. The van der Waals surface area contributed by atoms with Crippen molar-refractivity contribution in [3.8, 4) is 0 Å². The van der Waals surface area contributed by atoms with Gasteiger partial charge in [0, 0.05) is 12.8 Å². The molecule has 0 aliphatic carbocycles. The van der Waals surface area contributed by atoms with E-state index < -0.39 is 12.1 Å². The Morgan fingerprint density at radius 3 is 1.03 bits per heavy atom. The zero-order chi connectivity index (χ0) is 55.7. The molecule has 0 radical (unpaired) electrons. The fourth-order valence-electron chi connectivity index (χ4n) is 10.5. The number of ether oxygens (including phenoxy) is 1. The maximum Gasteiger partial charge on any atom is 0.305 e. The number of hydrogen-bond donors (Lipinski definition) is 3. The predicted octanol–water partition coefficient (Wildman–Crippen LogP) is 22.1. The van der Waals surface area contributed by atoms with Crippen LogP contribution in [0, 0.1) is 0 Å². The predicted molar refractivity (Wildman–Crippen MR) is 338 cm³/mol. The quantitative estimate of drug-likeness (QED) is 0.0320. The van der Waals surface area contributed by atoms with Crippen LogP contribution in [-0.2, 0) is 14.3 Å². The van der Waals surface area contributed by atoms with Crippen molar-refractivity contribution in [3.63, 3.8) is 0 Å². The van der Waals surface area contributed by atoms with Crippen molar-refractivity contribution in [1.29, 1.82) is 0 Å². The SMILES string of the molecule is CCCCC/C=C\C/C=C\CCCCCCCCCC(=O)OCCCCCCCCCCCCCC/C=C\CCCCCCCCCCCCCCCCC(=O)NC(CO)C(O)/C=C/CCCCCCCCCCCCC. The fourth-order valence-corrected chi connectivity index (χ4v) is 10.5. The average Bonchev–Trinajstić information content (AvgIpc) is 3.43. The van der Waals surface area contributed by atoms with Crippen LogP contribution in [0.5, 0.6) is 0 Å². The molecule has 1 amide bonds. The average molecular weight is 1080 g/mol. The van der Waals surface area contributed by atoms with E-state index in [0.29, 0.717) is 19.4 Å². The fraction of sp³-hybridized carbons (Fsp3) is 0.859. The number of nitrogens with one attached hydrogen (secondary N) is 1. The van der Waals surface area contributed by atoms with E-state index >= 15 is 0 Å². The Morgan fingerprint density at radius 2 is 0.649 bits per heavy atom. The van der Waals surface area contributed by atoms with Crippen molar-refractivity contribution >= 4 is 11.9 Å². The van der Waals surface area contributed by atoms with Crippen molar-refractivity contribution in [3.05, 3.63) is 48.6 Å². The summed E-state index contributed by atoms with van der Waals surface area (Å²) >= 11 is 0. The molecule has 0 spiro atoms. The Bertz CT molecular complexity index is 1290. The standard InChI is InChI=1S/C71H133NO5/c1-3-5-7-9-11-13-15-17-18-33-37-41-45-49-53-57-61-65-71(76)77-66-62-58-54-50-46-42-38-35-32-30-28-26-24-22-20-19-21-23-25-27-29-31-34-36-40-44-48-52-56-60-64-70(75)72-68(67-73)69(74)63-59-55-51-47-43-39-16-14-12-10-8-6-4-2/h11,13,17-18,20,22,59,63,68-69,73-74H,3-10,12,14-16,19,21,23-58,60-62,64-67H2,1-2H3,(H,72,75)/b13-11-,18-17-,22-20-,63-59+. The third-order valence-electron chi connectivity index (χ3n) is 15.8. The summed E-state index contributed by atoms with van der Waals surface area (Å²) in [6.45, 7) is 4.89. The molecule has 2 atom stereocenters. The minimum Gasteiger partial charge on any atom is -0.466 e. The molecule has 0 saturated heterocycles. The van der Waals surface area contributed by atoms with Crippen molar-refractivity contribution < 1.29 is 24.5 Å². The largest absolute Gasteiger partial charge is 0.466 e. The normalized spacial score (nSPS) is 12.8. The molecular formula is C71H133NO5. The van der Waals surface area contributed by atoms with Crippen molar-refractivity contribution in [1.82, 2.24) is 5.32 Å². The van der Waals surface area contributed by atoms with Gasteiger partial charge in [-0.2, -0.15) is 0 Å². The lowest BCUT2D eigenvalue weighted by molar-refractivity contribution is -0.143. The molecule has 0 aromatic heterocycles. The lowest BCUT2D eigenvalue weighted by atomic mass is 10.0. The zero-order valence-electron chi connectivity index (χ0n) is 51.7. The highest BCUT2D eigenvalue weighted by molar-refractivity contribution is 5.76. The number of aliphatic hydroxyl groups is 2. The summed E-state index contributed by atoms with van der Waals surface area (Å²) in [6.07, 6.45) is 86.1. The second-order valence-electron chi connectivity index (χ2n) is 23.5. The van der Waals surface area contributed by atoms with E-state index in [0.717, 1.165) is 51.4 Å². The number of rotatable bonds is 64. The first kappa shape index (κ1) is 74.8. The molecule has 3 N–H and O–H groups in total. The molecule has 6 heteroatoms. The van der Waals surface area contributed by atoms with Crippen LogP contribution >= 0.6 is 0 Å². The van der Waals surface area contributed by atoms with Crippen LogP contribution in [0.1, 0.15) is 367 Å². The van der Waals surface area contributed by atoms with Gasteiger partial charge in [-0.25, -0.2) is 0 Å². The van der Waals surface area contributed by atoms with Gasteiger partial charge in [0.05, 0.1) is 25.4 Å². The van der Waals surface area contributed by atoms with Gasteiger partial charge >= 0.3 is 5.97 Å². The van der Waals surface area contributed by atoms with Crippen LogP contribution in [0.3, 0.4) is 0 Å². The third kappa shape index (κ3) is 62.9.